The van der Waals surface area contributed by atoms with Crippen LogP contribution in [0.15, 0.2) is 36.7 Å². The van der Waals surface area contributed by atoms with E-state index < -0.39 is 32.8 Å². The number of fused-ring (bicyclic) bond motifs is 1. The summed E-state index contributed by atoms with van der Waals surface area (Å²) in [6.07, 6.45) is 3.66. The second kappa shape index (κ2) is 10.4. The summed E-state index contributed by atoms with van der Waals surface area (Å²) in [6.45, 7) is 3.06. The van der Waals surface area contributed by atoms with Crippen LogP contribution >= 0.6 is 0 Å². The predicted octanol–water partition coefficient (Wildman–Crippen LogP) is 3.08. The van der Waals surface area contributed by atoms with Gasteiger partial charge in [-0.2, -0.15) is 0 Å². The second-order valence-electron chi connectivity index (χ2n) is 7.48. The number of hydrogen-bond acceptors (Lipinski definition) is 6. The third-order valence-electron chi connectivity index (χ3n) is 5.05. The number of nitrogens with zero attached hydrogens (tertiary/aromatic N) is 2. The molecule has 178 valence electrons. The van der Waals surface area contributed by atoms with Crippen LogP contribution in [0.2, 0.25) is 0 Å². The number of aromatic amines is 1. The minimum absolute atomic E-state index is 0.0246. The van der Waals surface area contributed by atoms with E-state index >= 15 is 0 Å². The molecule has 1 amide bonds. The zero-order valence-electron chi connectivity index (χ0n) is 18.1. The highest BCUT2D eigenvalue weighted by Crippen LogP contribution is 2.28. The number of amides is 1. The Kier molecular flexibility index (Phi) is 7.82. The summed E-state index contributed by atoms with van der Waals surface area (Å²) in [5, 5.41) is 3.34. The Hall–Kier alpha value is -2.83. The summed E-state index contributed by atoms with van der Waals surface area (Å²) in [7, 11) is -3.28. The molecule has 2 aromatic heterocycles. The van der Waals surface area contributed by atoms with Crippen molar-refractivity contribution in [2.45, 2.75) is 26.7 Å². The zero-order chi connectivity index (χ0) is 24.2. The molecule has 1 unspecified atom stereocenters. The average molecular weight is 496 g/mol. The topological polar surface area (TPSA) is 135 Å². The Morgan fingerprint density at radius 1 is 1.30 bits per heavy atom. The van der Waals surface area contributed by atoms with Gasteiger partial charge in [0.15, 0.2) is 0 Å². The van der Waals surface area contributed by atoms with Gasteiger partial charge in [0.05, 0.1) is 28.9 Å². The summed E-state index contributed by atoms with van der Waals surface area (Å²) < 4.78 is 63.1. The van der Waals surface area contributed by atoms with Crippen LogP contribution in [-0.4, -0.2) is 51.1 Å². The number of anilines is 2. The van der Waals surface area contributed by atoms with E-state index in [1.807, 2.05) is 0 Å². The quantitative estimate of drug-likeness (QED) is 0.415. The van der Waals surface area contributed by atoms with Crippen molar-refractivity contribution in [3.63, 3.8) is 0 Å². The third kappa shape index (κ3) is 5.95. The number of rotatable bonds is 10. The van der Waals surface area contributed by atoms with Crippen LogP contribution in [-0.2, 0) is 21.1 Å². The van der Waals surface area contributed by atoms with Crippen LogP contribution in [0.25, 0.3) is 11.0 Å². The van der Waals surface area contributed by atoms with Crippen LogP contribution in [0.3, 0.4) is 0 Å². The van der Waals surface area contributed by atoms with Crippen LogP contribution < -0.4 is 9.62 Å². The molecule has 0 saturated heterocycles. The molecule has 0 spiro atoms. The molecule has 1 atom stereocenters. The summed E-state index contributed by atoms with van der Waals surface area (Å²) in [4.78, 5) is 19.9. The van der Waals surface area contributed by atoms with Crippen molar-refractivity contribution >= 4 is 49.4 Å². The van der Waals surface area contributed by atoms with Gasteiger partial charge in [0.2, 0.25) is 0 Å². The van der Waals surface area contributed by atoms with Crippen molar-refractivity contribution in [3.05, 3.63) is 53.6 Å². The molecule has 2 N–H and O–H groups in total. The van der Waals surface area contributed by atoms with Gasteiger partial charge in [0.1, 0.15) is 21.3 Å². The SMILES string of the molecule is CCCS(=O)(=O)CCCN(c1ccc(F)c(C(=O)Nc2cnc3[nH]ccc3c2)c1C)S(=O)[O-]. The number of halogens is 1. The number of nitrogens with one attached hydrogen (secondary N) is 2. The standard InChI is InChI=1S/C21H25FN4O5S2/c1-3-10-33(30,31)11-4-9-26(32(28)29)18-6-5-17(22)19(14(18)2)21(27)25-16-12-15-7-8-23-20(15)24-13-16/h5-8,12-13H,3-4,9-11H2,1-2H3,(H,23,24)(H,25,27)(H,28,29)/p-1. The number of H-pyrrole nitrogens is 1. The molecule has 2 heterocycles. The van der Waals surface area contributed by atoms with Gasteiger partial charge in [-0.05, 0) is 49.6 Å². The fourth-order valence-corrected chi connectivity index (χ4v) is 5.57. The normalized spacial score (nSPS) is 12.6. The largest absolute Gasteiger partial charge is 0.755 e. The number of sulfone groups is 1. The minimum Gasteiger partial charge on any atom is -0.755 e. The molecule has 0 aliphatic heterocycles. The van der Waals surface area contributed by atoms with E-state index in [1.54, 1.807) is 25.3 Å². The van der Waals surface area contributed by atoms with Gasteiger partial charge in [-0.25, -0.2) is 17.8 Å². The van der Waals surface area contributed by atoms with E-state index in [-0.39, 0.29) is 41.3 Å². The van der Waals surface area contributed by atoms with Crippen LogP contribution in [0, 0.1) is 12.7 Å². The lowest BCUT2D eigenvalue weighted by Crippen LogP contribution is -2.30. The maximum Gasteiger partial charge on any atom is 0.259 e. The van der Waals surface area contributed by atoms with E-state index in [2.05, 4.69) is 15.3 Å². The number of carbonyl (C=O) groups is 1. The van der Waals surface area contributed by atoms with Gasteiger partial charge in [-0.3, -0.25) is 9.00 Å². The lowest BCUT2D eigenvalue weighted by molar-refractivity contribution is 0.102. The molecule has 0 radical (unpaired) electrons. The van der Waals surface area contributed by atoms with Gasteiger partial charge >= 0.3 is 0 Å². The minimum atomic E-state index is -3.28. The molecule has 0 fully saturated rings. The molecule has 1 aromatic carbocycles. The molecule has 3 aromatic rings. The zero-order valence-corrected chi connectivity index (χ0v) is 19.8. The highest BCUT2D eigenvalue weighted by Gasteiger charge is 2.22. The fraction of sp³-hybridized carbons (Fsp3) is 0.333. The van der Waals surface area contributed by atoms with Crippen molar-refractivity contribution in [2.75, 3.05) is 27.7 Å². The van der Waals surface area contributed by atoms with E-state index in [1.165, 1.54) is 19.2 Å². The summed E-state index contributed by atoms with van der Waals surface area (Å²) in [5.74, 6) is -1.72. The Labute approximate surface area is 193 Å². The summed E-state index contributed by atoms with van der Waals surface area (Å²) in [5.41, 5.74) is 0.884. The molecular formula is C21H24FN4O5S2-. The third-order valence-corrected chi connectivity index (χ3v) is 7.73. The Morgan fingerprint density at radius 3 is 2.76 bits per heavy atom. The molecule has 33 heavy (non-hydrogen) atoms. The van der Waals surface area contributed by atoms with Gasteiger partial charge in [-0.1, -0.05) is 6.92 Å². The molecule has 0 aliphatic rings. The van der Waals surface area contributed by atoms with Gasteiger partial charge in [0, 0.05) is 35.1 Å². The lowest BCUT2D eigenvalue weighted by Gasteiger charge is -2.28. The van der Waals surface area contributed by atoms with E-state index in [0.29, 0.717) is 17.8 Å². The van der Waals surface area contributed by atoms with Gasteiger partial charge in [0.25, 0.3) is 5.91 Å². The van der Waals surface area contributed by atoms with Gasteiger partial charge in [-0.15, -0.1) is 0 Å². The van der Waals surface area contributed by atoms with Crippen molar-refractivity contribution in [3.8, 4) is 0 Å². The first-order valence-electron chi connectivity index (χ1n) is 10.2. The Morgan fingerprint density at radius 2 is 2.06 bits per heavy atom. The number of carbonyl (C=O) groups excluding carboxylic acids is 1. The van der Waals surface area contributed by atoms with Crippen molar-refractivity contribution < 1.29 is 26.4 Å². The molecule has 0 bridgehead atoms. The van der Waals surface area contributed by atoms with Crippen molar-refractivity contribution in [1.29, 1.82) is 0 Å². The highest BCUT2D eigenvalue weighted by atomic mass is 32.2. The van der Waals surface area contributed by atoms with Gasteiger partial charge < -0.3 is 19.2 Å². The van der Waals surface area contributed by atoms with Crippen LogP contribution in [0.5, 0.6) is 0 Å². The molecule has 0 aliphatic carbocycles. The maximum absolute atomic E-state index is 14.6. The smallest absolute Gasteiger partial charge is 0.259 e. The fourth-order valence-electron chi connectivity index (χ4n) is 3.53. The number of aromatic nitrogens is 2. The molecule has 12 heteroatoms. The Balaban J connectivity index is 1.84. The predicted molar refractivity (Wildman–Crippen MR) is 125 cm³/mol. The van der Waals surface area contributed by atoms with Crippen molar-refractivity contribution in [1.82, 2.24) is 9.97 Å². The first-order valence-corrected chi connectivity index (χ1v) is 13.1. The number of hydrogen-bond donors (Lipinski definition) is 2. The monoisotopic (exact) mass is 495 g/mol. The average Bonchev–Trinajstić information content (AvgIpc) is 3.19. The lowest BCUT2D eigenvalue weighted by atomic mass is 10.0. The van der Waals surface area contributed by atoms with Crippen molar-refractivity contribution in [2.24, 2.45) is 0 Å². The first kappa shape index (κ1) is 24.8. The summed E-state index contributed by atoms with van der Waals surface area (Å²) >= 11 is -2.75. The number of benzene rings is 1. The second-order valence-corrected chi connectivity index (χ2v) is 10.7. The highest BCUT2D eigenvalue weighted by molar-refractivity contribution is 7.91. The van der Waals surface area contributed by atoms with E-state index in [0.717, 1.165) is 15.8 Å². The van der Waals surface area contributed by atoms with E-state index in [9.17, 15) is 26.4 Å². The molecule has 3 rings (SSSR count). The number of pyridine rings is 1. The molecule has 9 nitrogen and oxygen atoms in total. The Bertz CT molecular complexity index is 1290. The molecular weight excluding hydrogens is 471 g/mol. The van der Waals surface area contributed by atoms with E-state index in [4.69, 9.17) is 0 Å². The van der Waals surface area contributed by atoms with Crippen LogP contribution in [0.1, 0.15) is 35.7 Å². The van der Waals surface area contributed by atoms with Crippen LogP contribution in [0.4, 0.5) is 15.8 Å². The summed E-state index contributed by atoms with van der Waals surface area (Å²) in [6, 6.07) is 5.71. The molecule has 0 saturated carbocycles. The maximum atomic E-state index is 14.6. The first-order chi connectivity index (χ1) is 15.6.